The first-order valence-corrected chi connectivity index (χ1v) is 5.54. The lowest BCUT2D eigenvalue weighted by atomic mass is 10.3. The maximum absolute atomic E-state index is 11.3. The van der Waals surface area contributed by atoms with Crippen molar-refractivity contribution in [2.45, 2.75) is 25.8 Å². The van der Waals surface area contributed by atoms with Crippen molar-refractivity contribution in [1.29, 1.82) is 0 Å². The van der Waals surface area contributed by atoms with Crippen LogP contribution in [0, 0.1) is 0 Å². The zero-order valence-electron chi connectivity index (χ0n) is 9.37. The molecule has 1 fully saturated rings. The zero-order valence-corrected chi connectivity index (χ0v) is 9.37. The lowest BCUT2D eigenvalue weighted by Gasteiger charge is -2.12. The molecule has 92 valence electrons. The van der Waals surface area contributed by atoms with Crippen molar-refractivity contribution < 1.29 is 14.7 Å². The number of hydrogen-bond acceptors (Lipinski definition) is 5. The van der Waals surface area contributed by atoms with E-state index >= 15 is 0 Å². The molecule has 1 aromatic rings. The second kappa shape index (κ2) is 5.05. The molecular formula is C10H14N4O3. The summed E-state index contributed by atoms with van der Waals surface area (Å²) >= 11 is 0. The van der Waals surface area contributed by atoms with Crippen molar-refractivity contribution in [3.63, 3.8) is 0 Å². The Morgan fingerprint density at radius 3 is 2.59 bits per heavy atom. The molecule has 2 amide bonds. The zero-order chi connectivity index (χ0) is 12.3. The van der Waals surface area contributed by atoms with Crippen LogP contribution in [-0.2, 0) is 22.6 Å². The summed E-state index contributed by atoms with van der Waals surface area (Å²) in [4.78, 5) is 23.9. The summed E-state index contributed by atoms with van der Waals surface area (Å²) < 4.78 is 1.57. The number of carbonyl (C=O) groups excluding carboxylic acids is 2. The fraction of sp³-hybridized carbons (Fsp3) is 0.600. The van der Waals surface area contributed by atoms with Gasteiger partial charge in [-0.25, -0.2) is 0 Å². The van der Waals surface area contributed by atoms with E-state index in [2.05, 4.69) is 10.3 Å². The van der Waals surface area contributed by atoms with Crippen molar-refractivity contribution >= 4 is 11.8 Å². The lowest BCUT2D eigenvalue weighted by molar-refractivity contribution is -0.138. The quantitative estimate of drug-likeness (QED) is 0.662. The maximum Gasteiger partial charge on any atom is 0.229 e. The Kier molecular flexibility index (Phi) is 3.48. The Morgan fingerprint density at radius 2 is 1.94 bits per heavy atom. The molecular weight excluding hydrogens is 224 g/mol. The highest BCUT2D eigenvalue weighted by Crippen LogP contribution is 2.11. The van der Waals surface area contributed by atoms with Crippen LogP contribution in [0.25, 0.3) is 0 Å². The van der Waals surface area contributed by atoms with E-state index in [4.69, 9.17) is 5.11 Å². The molecule has 2 heterocycles. The normalized spacial score (nSPS) is 15.9. The molecule has 1 saturated heterocycles. The Morgan fingerprint density at radius 1 is 1.24 bits per heavy atom. The van der Waals surface area contributed by atoms with Gasteiger partial charge in [-0.15, -0.1) is 5.10 Å². The van der Waals surface area contributed by atoms with Crippen molar-refractivity contribution in [3.05, 3.63) is 11.9 Å². The third-order valence-corrected chi connectivity index (χ3v) is 2.66. The highest BCUT2D eigenvalue weighted by Gasteiger charge is 2.28. The van der Waals surface area contributed by atoms with Gasteiger partial charge in [0.25, 0.3) is 0 Å². The molecule has 7 heteroatoms. The molecule has 0 aromatic carbocycles. The molecule has 1 N–H and O–H groups in total. The molecule has 0 aliphatic carbocycles. The maximum atomic E-state index is 11.3. The first kappa shape index (κ1) is 11.7. The summed E-state index contributed by atoms with van der Waals surface area (Å²) in [5.74, 6) is -0.239. The summed E-state index contributed by atoms with van der Waals surface area (Å²) in [5, 5.41) is 16.4. The molecule has 0 spiro atoms. The van der Waals surface area contributed by atoms with Gasteiger partial charge in [0.2, 0.25) is 11.8 Å². The summed E-state index contributed by atoms with van der Waals surface area (Å²) in [6, 6.07) is 0. The van der Waals surface area contributed by atoms with Crippen LogP contribution in [0.3, 0.4) is 0 Å². The number of aromatic nitrogens is 3. The summed E-state index contributed by atoms with van der Waals surface area (Å²) in [6.45, 7) is 0.803. The van der Waals surface area contributed by atoms with Crippen molar-refractivity contribution in [2.24, 2.45) is 0 Å². The van der Waals surface area contributed by atoms with Gasteiger partial charge in [0.15, 0.2) is 0 Å². The number of carbonyl (C=O) groups is 2. The smallest absolute Gasteiger partial charge is 0.229 e. The molecule has 2 rings (SSSR count). The molecule has 0 unspecified atom stereocenters. The van der Waals surface area contributed by atoms with E-state index < -0.39 is 0 Å². The van der Waals surface area contributed by atoms with Crippen LogP contribution < -0.4 is 0 Å². The number of aliphatic hydroxyl groups excluding tert-OH is 1. The first-order chi connectivity index (χ1) is 8.20. The largest absolute Gasteiger partial charge is 0.396 e. The van der Waals surface area contributed by atoms with E-state index in [9.17, 15) is 9.59 Å². The van der Waals surface area contributed by atoms with E-state index in [1.807, 2.05) is 0 Å². The molecule has 7 nitrogen and oxygen atoms in total. The minimum Gasteiger partial charge on any atom is -0.396 e. The molecule has 1 aliphatic rings. The second-order valence-electron chi connectivity index (χ2n) is 3.89. The van der Waals surface area contributed by atoms with Gasteiger partial charge in [-0.3, -0.25) is 19.2 Å². The third kappa shape index (κ3) is 2.68. The number of aliphatic hydroxyl groups is 1. The molecule has 0 radical (unpaired) electrons. The van der Waals surface area contributed by atoms with Crippen LogP contribution in [0.4, 0.5) is 0 Å². The van der Waals surface area contributed by atoms with Gasteiger partial charge in [-0.05, 0) is 0 Å². The monoisotopic (exact) mass is 238 g/mol. The van der Waals surface area contributed by atoms with E-state index in [0.29, 0.717) is 38.0 Å². The third-order valence-electron chi connectivity index (χ3n) is 2.66. The number of amides is 2. The van der Waals surface area contributed by atoms with Crippen LogP contribution in [0.15, 0.2) is 6.20 Å². The van der Waals surface area contributed by atoms with Gasteiger partial charge in [0.1, 0.15) is 0 Å². The predicted octanol–water partition coefficient (Wildman–Crippen LogP) is -1.04. The average molecular weight is 238 g/mol. The van der Waals surface area contributed by atoms with Gasteiger partial charge in [-0.2, -0.15) is 0 Å². The predicted molar refractivity (Wildman–Crippen MR) is 56.8 cm³/mol. The van der Waals surface area contributed by atoms with Crippen LogP contribution in [0.5, 0.6) is 0 Å². The standard InChI is InChI=1S/C10H14N4O3/c15-6-3-8-7-13(12-11-8)4-5-14-9(16)1-2-10(14)17/h7,15H,1-6H2. The number of hydrogen-bond donors (Lipinski definition) is 1. The fourth-order valence-electron chi connectivity index (χ4n) is 1.75. The minimum absolute atomic E-state index is 0.0296. The van der Waals surface area contributed by atoms with Crippen LogP contribution in [0.1, 0.15) is 18.5 Å². The van der Waals surface area contributed by atoms with Crippen LogP contribution >= 0.6 is 0 Å². The van der Waals surface area contributed by atoms with E-state index in [0.717, 1.165) is 0 Å². The van der Waals surface area contributed by atoms with E-state index in [1.54, 1.807) is 10.9 Å². The SMILES string of the molecule is O=C1CCC(=O)N1CCn1cc(CCO)nn1. The van der Waals surface area contributed by atoms with Gasteiger partial charge in [-0.1, -0.05) is 5.21 Å². The lowest BCUT2D eigenvalue weighted by Crippen LogP contribution is -2.32. The van der Waals surface area contributed by atoms with E-state index in [-0.39, 0.29) is 18.4 Å². The topological polar surface area (TPSA) is 88.3 Å². The molecule has 17 heavy (non-hydrogen) atoms. The van der Waals surface area contributed by atoms with Crippen LogP contribution in [0.2, 0.25) is 0 Å². The number of likely N-dealkylation sites (tertiary alicyclic amines) is 1. The van der Waals surface area contributed by atoms with Gasteiger partial charge in [0.05, 0.1) is 12.2 Å². The van der Waals surface area contributed by atoms with E-state index in [1.165, 1.54) is 4.90 Å². The van der Waals surface area contributed by atoms with Crippen molar-refractivity contribution in [1.82, 2.24) is 19.9 Å². The fourth-order valence-corrected chi connectivity index (χ4v) is 1.75. The highest BCUT2D eigenvalue weighted by molar-refractivity contribution is 6.01. The Hall–Kier alpha value is -1.76. The first-order valence-electron chi connectivity index (χ1n) is 5.54. The molecule has 1 aromatic heterocycles. The average Bonchev–Trinajstić information content (AvgIpc) is 2.86. The van der Waals surface area contributed by atoms with Gasteiger partial charge >= 0.3 is 0 Å². The summed E-state index contributed by atoms with van der Waals surface area (Å²) in [6.07, 6.45) is 2.79. The summed E-state index contributed by atoms with van der Waals surface area (Å²) in [5.41, 5.74) is 0.701. The molecule has 0 saturated carbocycles. The number of imide groups is 1. The number of rotatable bonds is 5. The molecule has 0 bridgehead atoms. The molecule has 0 atom stereocenters. The second-order valence-corrected chi connectivity index (χ2v) is 3.89. The van der Waals surface area contributed by atoms with Crippen molar-refractivity contribution in [3.8, 4) is 0 Å². The van der Waals surface area contributed by atoms with Crippen molar-refractivity contribution in [2.75, 3.05) is 13.2 Å². The van der Waals surface area contributed by atoms with Gasteiger partial charge < -0.3 is 5.11 Å². The molecule has 1 aliphatic heterocycles. The Labute approximate surface area is 98.0 Å². The summed E-state index contributed by atoms with van der Waals surface area (Å²) in [7, 11) is 0. The highest BCUT2D eigenvalue weighted by atomic mass is 16.3. The number of nitrogens with zero attached hydrogens (tertiary/aromatic N) is 4. The Bertz CT molecular complexity index is 413. The van der Waals surface area contributed by atoms with Crippen LogP contribution in [-0.4, -0.2) is 50.0 Å². The Balaban J connectivity index is 1.88. The minimum atomic E-state index is -0.120. The van der Waals surface area contributed by atoms with Gasteiger partial charge in [0, 0.05) is 38.6 Å².